The molecule has 4 rings (SSSR count). The van der Waals surface area contributed by atoms with Gasteiger partial charge in [-0.2, -0.15) is 0 Å². The van der Waals surface area contributed by atoms with Crippen LogP contribution in [0.4, 0.5) is 4.39 Å². The van der Waals surface area contributed by atoms with Gasteiger partial charge in [0, 0.05) is 18.5 Å². The van der Waals surface area contributed by atoms with Crippen LogP contribution in [-0.2, 0) is 4.79 Å². The normalized spacial score (nSPS) is 18.2. The van der Waals surface area contributed by atoms with Crippen LogP contribution < -0.4 is 14.8 Å². The maximum atomic E-state index is 13.0. The summed E-state index contributed by atoms with van der Waals surface area (Å²) in [6.45, 7) is 1.79. The Morgan fingerprint density at radius 1 is 1.03 bits per heavy atom. The van der Waals surface area contributed by atoms with E-state index in [0.717, 1.165) is 30.6 Å². The van der Waals surface area contributed by atoms with Gasteiger partial charge in [0.05, 0.1) is 25.8 Å². The molecule has 2 aliphatic heterocycles. The Kier molecular flexibility index (Phi) is 5.64. The third kappa shape index (κ3) is 4.34. The van der Waals surface area contributed by atoms with Gasteiger partial charge in [-0.05, 0) is 54.8 Å². The van der Waals surface area contributed by atoms with Crippen LogP contribution in [0.3, 0.4) is 0 Å². The lowest BCUT2D eigenvalue weighted by Gasteiger charge is -2.26. The topological polar surface area (TPSA) is 67.9 Å². The van der Waals surface area contributed by atoms with Gasteiger partial charge in [0.25, 0.3) is 5.91 Å². The van der Waals surface area contributed by atoms with E-state index in [-0.39, 0.29) is 18.5 Å². The van der Waals surface area contributed by atoms with Crippen LogP contribution in [0.25, 0.3) is 0 Å². The largest absolute Gasteiger partial charge is 0.490 e. The van der Waals surface area contributed by atoms with E-state index in [0.29, 0.717) is 31.1 Å². The molecule has 2 aromatic carbocycles. The summed E-state index contributed by atoms with van der Waals surface area (Å²) in [5, 5.41) is 2.63. The molecule has 0 saturated carbocycles. The van der Waals surface area contributed by atoms with Crippen LogP contribution in [0.2, 0.25) is 0 Å². The minimum Gasteiger partial charge on any atom is -0.490 e. The quantitative estimate of drug-likeness (QED) is 0.860. The Morgan fingerprint density at radius 2 is 1.79 bits per heavy atom. The van der Waals surface area contributed by atoms with Gasteiger partial charge in [0.15, 0.2) is 11.5 Å². The molecule has 0 spiro atoms. The van der Waals surface area contributed by atoms with Crippen molar-refractivity contribution in [3.05, 3.63) is 59.4 Å². The summed E-state index contributed by atoms with van der Waals surface area (Å²) in [7, 11) is 0. The fraction of sp³-hybridized carbons (Fsp3) is 0.364. The number of hydrogen-bond donors (Lipinski definition) is 1. The van der Waals surface area contributed by atoms with E-state index in [1.807, 2.05) is 18.2 Å². The van der Waals surface area contributed by atoms with Gasteiger partial charge in [-0.15, -0.1) is 0 Å². The molecule has 7 heteroatoms. The Bertz CT molecular complexity index is 900. The highest BCUT2D eigenvalue weighted by Gasteiger charge is 2.30. The zero-order valence-electron chi connectivity index (χ0n) is 16.0. The number of amides is 2. The van der Waals surface area contributed by atoms with Crippen molar-refractivity contribution >= 4 is 11.8 Å². The van der Waals surface area contributed by atoms with Crippen LogP contribution in [0, 0.1) is 5.82 Å². The summed E-state index contributed by atoms with van der Waals surface area (Å²) in [5.74, 6) is 0.491. The lowest BCUT2D eigenvalue weighted by atomic mass is 10.0. The Morgan fingerprint density at radius 3 is 2.59 bits per heavy atom. The summed E-state index contributed by atoms with van der Waals surface area (Å²) in [6.07, 6.45) is 2.60. The van der Waals surface area contributed by atoms with E-state index >= 15 is 0 Å². The number of carbonyl (C=O) groups excluding carboxylic acids is 2. The van der Waals surface area contributed by atoms with Crippen LogP contribution >= 0.6 is 0 Å². The van der Waals surface area contributed by atoms with E-state index in [4.69, 9.17) is 9.47 Å². The number of fused-ring (bicyclic) bond motifs is 1. The molecule has 1 fully saturated rings. The molecule has 1 saturated heterocycles. The summed E-state index contributed by atoms with van der Waals surface area (Å²) >= 11 is 0. The second-order valence-electron chi connectivity index (χ2n) is 7.19. The molecule has 0 radical (unpaired) electrons. The van der Waals surface area contributed by atoms with Crippen molar-refractivity contribution in [3.63, 3.8) is 0 Å². The Hall–Kier alpha value is -3.09. The number of benzene rings is 2. The van der Waals surface area contributed by atoms with Crippen molar-refractivity contribution in [3.8, 4) is 11.5 Å². The number of halogens is 1. The highest BCUT2D eigenvalue weighted by atomic mass is 19.1. The van der Waals surface area contributed by atoms with Gasteiger partial charge in [-0.25, -0.2) is 4.39 Å². The third-order valence-electron chi connectivity index (χ3n) is 5.24. The standard InChI is InChI=1S/C22H23FN2O4/c23-17-7-4-15(5-8-17)22(27)24-14-21(26)25-10-1-3-18(25)16-6-9-19-20(13-16)29-12-2-11-28-19/h4-9,13,18H,1-3,10-12,14H2,(H,24,27)/t18-/m1/s1. The van der Waals surface area contributed by atoms with E-state index in [1.165, 1.54) is 24.3 Å². The number of rotatable bonds is 4. The maximum Gasteiger partial charge on any atom is 0.251 e. The molecule has 0 unspecified atom stereocenters. The van der Waals surface area contributed by atoms with Crippen LogP contribution in [-0.4, -0.2) is 43.0 Å². The molecular weight excluding hydrogens is 375 g/mol. The molecule has 2 aliphatic rings. The number of carbonyl (C=O) groups is 2. The average Bonchev–Trinajstić information content (AvgIpc) is 3.11. The predicted octanol–water partition coefficient (Wildman–Crippen LogP) is 3.08. The van der Waals surface area contributed by atoms with E-state index < -0.39 is 11.7 Å². The second-order valence-corrected chi connectivity index (χ2v) is 7.19. The Labute approximate surface area is 168 Å². The zero-order chi connectivity index (χ0) is 20.2. The fourth-order valence-electron chi connectivity index (χ4n) is 3.76. The first-order chi connectivity index (χ1) is 14.1. The smallest absolute Gasteiger partial charge is 0.251 e. The number of nitrogens with one attached hydrogen (secondary N) is 1. The molecule has 2 aromatic rings. The van der Waals surface area contributed by atoms with Gasteiger partial charge >= 0.3 is 0 Å². The van der Waals surface area contributed by atoms with Crippen molar-refractivity contribution in [2.45, 2.75) is 25.3 Å². The van der Waals surface area contributed by atoms with Gasteiger partial charge in [-0.3, -0.25) is 9.59 Å². The molecule has 29 heavy (non-hydrogen) atoms. The lowest BCUT2D eigenvalue weighted by molar-refractivity contribution is -0.131. The third-order valence-corrected chi connectivity index (χ3v) is 5.24. The van der Waals surface area contributed by atoms with Crippen molar-refractivity contribution in [1.29, 1.82) is 0 Å². The van der Waals surface area contributed by atoms with Crippen molar-refractivity contribution in [2.24, 2.45) is 0 Å². The molecule has 152 valence electrons. The van der Waals surface area contributed by atoms with Crippen molar-refractivity contribution in [2.75, 3.05) is 26.3 Å². The molecule has 1 N–H and O–H groups in total. The number of nitrogens with zero attached hydrogens (tertiary/aromatic N) is 1. The predicted molar refractivity (Wildman–Crippen MR) is 104 cm³/mol. The Balaban J connectivity index is 1.41. The molecule has 0 aromatic heterocycles. The highest BCUT2D eigenvalue weighted by molar-refractivity contribution is 5.96. The first kappa shape index (κ1) is 19.2. The van der Waals surface area contributed by atoms with Crippen LogP contribution in [0.15, 0.2) is 42.5 Å². The second kappa shape index (κ2) is 8.51. The van der Waals surface area contributed by atoms with Crippen LogP contribution in [0.1, 0.15) is 41.2 Å². The maximum absolute atomic E-state index is 13.0. The fourth-order valence-corrected chi connectivity index (χ4v) is 3.76. The molecule has 1 atom stereocenters. The summed E-state index contributed by atoms with van der Waals surface area (Å²) in [5.41, 5.74) is 1.32. The molecule has 0 aliphatic carbocycles. The monoisotopic (exact) mass is 398 g/mol. The lowest BCUT2D eigenvalue weighted by Crippen LogP contribution is -2.39. The van der Waals surface area contributed by atoms with E-state index in [2.05, 4.69) is 5.32 Å². The highest BCUT2D eigenvalue weighted by Crippen LogP contribution is 2.37. The van der Waals surface area contributed by atoms with Gasteiger partial charge in [0.1, 0.15) is 5.82 Å². The summed E-state index contributed by atoms with van der Waals surface area (Å²) in [6, 6.07) is 11.0. The average molecular weight is 398 g/mol. The van der Waals surface area contributed by atoms with Gasteiger partial charge in [0.2, 0.25) is 5.91 Å². The number of hydrogen-bond acceptors (Lipinski definition) is 4. The van der Waals surface area contributed by atoms with Gasteiger partial charge in [-0.1, -0.05) is 6.07 Å². The number of likely N-dealkylation sites (tertiary alicyclic amines) is 1. The molecule has 0 bridgehead atoms. The minimum atomic E-state index is -0.410. The molecule has 2 amide bonds. The number of ether oxygens (including phenoxy) is 2. The summed E-state index contributed by atoms with van der Waals surface area (Å²) < 4.78 is 24.4. The van der Waals surface area contributed by atoms with Crippen molar-refractivity contribution < 1.29 is 23.5 Å². The summed E-state index contributed by atoms with van der Waals surface area (Å²) in [4.78, 5) is 26.7. The molecule has 2 heterocycles. The zero-order valence-corrected chi connectivity index (χ0v) is 16.0. The van der Waals surface area contributed by atoms with Crippen LogP contribution in [0.5, 0.6) is 11.5 Å². The molecule has 6 nitrogen and oxygen atoms in total. The SMILES string of the molecule is O=C(NCC(=O)N1CCC[C@@H]1c1ccc2c(c1)OCCCO2)c1ccc(F)cc1. The van der Waals surface area contributed by atoms with Gasteiger partial charge < -0.3 is 19.7 Å². The van der Waals surface area contributed by atoms with E-state index in [1.54, 1.807) is 4.90 Å². The molecular formula is C22H23FN2O4. The first-order valence-corrected chi connectivity index (χ1v) is 9.84. The first-order valence-electron chi connectivity index (χ1n) is 9.84. The van der Waals surface area contributed by atoms with Crippen molar-refractivity contribution in [1.82, 2.24) is 10.2 Å². The minimum absolute atomic E-state index is 0.0534. The van der Waals surface area contributed by atoms with E-state index in [9.17, 15) is 14.0 Å².